The molecule has 1 amide bonds. The summed E-state index contributed by atoms with van der Waals surface area (Å²) in [5, 5.41) is 2.93. The van der Waals surface area contributed by atoms with Crippen LogP contribution in [0.15, 0.2) is 54.7 Å². The summed E-state index contributed by atoms with van der Waals surface area (Å²) in [6.07, 6.45) is -3.26. The first-order valence-electron chi connectivity index (χ1n) is 8.44. The molecule has 0 radical (unpaired) electrons. The maximum absolute atomic E-state index is 13.2. The maximum Gasteiger partial charge on any atom is 0.418 e. The van der Waals surface area contributed by atoms with Gasteiger partial charge in [-0.25, -0.2) is 0 Å². The van der Waals surface area contributed by atoms with Gasteiger partial charge in [0.25, 0.3) is 5.91 Å². The van der Waals surface area contributed by atoms with Crippen LogP contribution < -0.4 is 5.32 Å². The van der Waals surface area contributed by atoms with Crippen LogP contribution in [0.5, 0.6) is 0 Å². The zero-order chi connectivity index (χ0) is 19.8. The van der Waals surface area contributed by atoms with Gasteiger partial charge in [-0.05, 0) is 35.2 Å². The Labute approximate surface area is 155 Å². The third-order valence-corrected chi connectivity index (χ3v) is 4.34. The Bertz CT molecular complexity index is 987. The van der Waals surface area contributed by atoms with Crippen LogP contribution in [0.2, 0.25) is 0 Å². The summed E-state index contributed by atoms with van der Waals surface area (Å²) in [5.41, 5.74) is 0.750. The Morgan fingerprint density at radius 3 is 2.22 bits per heavy atom. The third kappa shape index (κ3) is 3.94. The van der Waals surface area contributed by atoms with Crippen LogP contribution in [0.25, 0.3) is 10.9 Å². The van der Waals surface area contributed by atoms with Crippen LogP contribution in [0.1, 0.15) is 42.3 Å². The summed E-state index contributed by atoms with van der Waals surface area (Å²) >= 11 is 0. The molecule has 3 nitrogen and oxygen atoms in total. The molecule has 0 fully saturated rings. The number of nitrogens with one attached hydrogen (secondary N) is 1. The van der Waals surface area contributed by atoms with Crippen molar-refractivity contribution in [2.45, 2.75) is 32.4 Å². The standard InChI is InChI=1S/C21H19F3N2O/c1-20(2,3)14-9-7-13(8-10-14)19(27)26-17-11-12-25-18-15(17)5-4-6-16(18)21(22,23)24/h4-12H,1-3H3,(H,25,26,27). The minimum Gasteiger partial charge on any atom is -0.321 e. The summed E-state index contributed by atoms with van der Waals surface area (Å²) in [5.74, 6) is -0.389. The minimum absolute atomic E-state index is 0.0374. The van der Waals surface area contributed by atoms with Gasteiger partial charge in [-0.15, -0.1) is 0 Å². The van der Waals surface area contributed by atoms with Crippen molar-refractivity contribution < 1.29 is 18.0 Å². The largest absolute Gasteiger partial charge is 0.418 e. The van der Waals surface area contributed by atoms with E-state index >= 15 is 0 Å². The van der Waals surface area contributed by atoms with Crippen molar-refractivity contribution in [1.29, 1.82) is 0 Å². The summed E-state index contributed by atoms with van der Waals surface area (Å²) in [7, 11) is 0. The van der Waals surface area contributed by atoms with Gasteiger partial charge in [0.1, 0.15) is 0 Å². The highest BCUT2D eigenvalue weighted by molar-refractivity contribution is 6.08. The molecule has 0 atom stereocenters. The maximum atomic E-state index is 13.2. The van der Waals surface area contributed by atoms with Gasteiger partial charge >= 0.3 is 6.18 Å². The fraction of sp³-hybridized carbons (Fsp3) is 0.238. The molecule has 6 heteroatoms. The molecule has 2 aromatic carbocycles. The first-order valence-corrected chi connectivity index (χ1v) is 8.44. The number of para-hydroxylation sites is 1. The highest BCUT2D eigenvalue weighted by atomic mass is 19.4. The zero-order valence-corrected chi connectivity index (χ0v) is 15.2. The van der Waals surface area contributed by atoms with E-state index in [1.807, 2.05) is 12.1 Å². The zero-order valence-electron chi connectivity index (χ0n) is 15.2. The van der Waals surface area contributed by atoms with Gasteiger partial charge in [0, 0.05) is 17.1 Å². The van der Waals surface area contributed by atoms with Crippen molar-refractivity contribution >= 4 is 22.5 Å². The number of hydrogen-bond donors (Lipinski definition) is 1. The molecule has 0 aliphatic rings. The molecule has 3 aromatic rings. The first kappa shape index (κ1) is 18.9. The number of carbonyl (C=O) groups excluding carboxylic acids is 1. The quantitative estimate of drug-likeness (QED) is 0.617. The normalized spacial score (nSPS) is 12.2. The molecule has 140 valence electrons. The molecule has 0 unspecified atom stereocenters. The molecular formula is C21H19F3N2O. The SMILES string of the molecule is CC(C)(C)c1ccc(C(=O)Nc2ccnc3c(C(F)(F)F)cccc23)cc1. The van der Waals surface area contributed by atoms with Crippen LogP contribution in [-0.2, 0) is 11.6 Å². The lowest BCUT2D eigenvalue weighted by atomic mass is 9.87. The van der Waals surface area contributed by atoms with Gasteiger partial charge in [0.2, 0.25) is 0 Å². The summed E-state index contributed by atoms with van der Waals surface area (Å²) in [6.45, 7) is 6.22. The van der Waals surface area contributed by atoms with E-state index in [-0.39, 0.29) is 27.9 Å². The number of anilines is 1. The molecule has 0 aliphatic carbocycles. The van der Waals surface area contributed by atoms with Crippen LogP contribution in [0.4, 0.5) is 18.9 Å². The third-order valence-electron chi connectivity index (χ3n) is 4.34. The van der Waals surface area contributed by atoms with Crippen LogP contribution in [0.3, 0.4) is 0 Å². The van der Waals surface area contributed by atoms with Crippen molar-refractivity contribution in [3.63, 3.8) is 0 Å². The molecule has 0 aliphatic heterocycles. The fourth-order valence-corrected chi connectivity index (χ4v) is 2.83. The lowest BCUT2D eigenvalue weighted by molar-refractivity contribution is -0.136. The average molecular weight is 372 g/mol. The number of pyridine rings is 1. The highest BCUT2D eigenvalue weighted by Crippen LogP contribution is 2.35. The van der Waals surface area contributed by atoms with Crippen molar-refractivity contribution in [3.8, 4) is 0 Å². The Morgan fingerprint density at radius 1 is 0.963 bits per heavy atom. The average Bonchev–Trinajstić information content (AvgIpc) is 2.60. The van der Waals surface area contributed by atoms with Crippen molar-refractivity contribution in [3.05, 3.63) is 71.4 Å². The number of aromatic nitrogens is 1. The predicted octanol–water partition coefficient (Wildman–Crippen LogP) is 5.80. The lowest BCUT2D eigenvalue weighted by Gasteiger charge is -2.19. The molecule has 27 heavy (non-hydrogen) atoms. The number of rotatable bonds is 2. The second-order valence-electron chi connectivity index (χ2n) is 7.34. The number of halogens is 3. The van der Waals surface area contributed by atoms with E-state index < -0.39 is 11.7 Å². The topological polar surface area (TPSA) is 42.0 Å². The van der Waals surface area contributed by atoms with E-state index in [9.17, 15) is 18.0 Å². The number of amides is 1. The summed E-state index contributed by atoms with van der Waals surface area (Å²) < 4.78 is 39.6. The van der Waals surface area contributed by atoms with Crippen molar-refractivity contribution in [1.82, 2.24) is 4.98 Å². The number of fused-ring (bicyclic) bond motifs is 1. The second kappa shape index (κ2) is 6.68. The first-order chi connectivity index (χ1) is 12.6. The molecule has 1 N–H and O–H groups in total. The van der Waals surface area contributed by atoms with Crippen LogP contribution >= 0.6 is 0 Å². The molecule has 0 bridgehead atoms. The number of carbonyl (C=O) groups is 1. The molecular weight excluding hydrogens is 353 g/mol. The van der Waals surface area contributed by atoms with Gasteiger partial charge < -0.3 is 5.32 Å². The molecule has 0 spiro atoms. The summed E-state index contributed by atoms with van der Waals surface area (Å²) in [4.78, 5) is 16.4. The highest BCUT2D eigenvalue weighted by Gasteiger charge is 2.33. The van der Waals surface area contributed by atoms with E-state index in [0.29, 0.717) is 5.56 Å². The monoisotopic (exact) mass is 372 g/mol. The smallest absolute Gasteiger partial charge is 0.321 e. The van der Waals surface area contributed by atoms with Gasteiger partial charge in [-0.3, -0.25) is 9.78 Å². The van der Waals surface area contributed by atoms with Gasteiger partial charge in [-0.1, -0.05) is 45.0 Å². The molecule has 0 saturated carbocycles. The summed E-state index contributed by atoms with van der Waals surface area (Å²) in [6, 6.07) is 12.5. The van der Waals surface area contributed by atoms with E-state index in [0.717, 1.165) is 11.6 Å². The Balaban J connectivity index is 1.94. The van der Waals surface area contributed by atoms with E-state index in [1.54, 1.807) is 12.1 Å². The fourth-order valence-electron chi connectivity index (χ4n) is 2.83. The van der Waals surface area contributed by atoms with E-state index in [2.05, 4.69) is 31.1 Å². The van der Waals surface area contributed by atoms with E-state index in [4.69, 9.17) is 0 Å². The van der Waals surface area contributed by atoms with Crippen molar-refractivity contribution in [2.75, 3.05) is 5.32 Å². The number of benzene rings is 2. The van der Waals surface area contributed by atoms with Crippen LogP contribution in [0, 0.1) is 0 Å². The molecule has 3 rings (SSSR count). The Kier molecular flexibility index (Phi) is 4.68. The van der Waals surface area contributed by atoms with Crippen molar-refractivity contribution in [2.24, 2.45) is 0 Å². The van der Waals surface area contributed by atoms with Gasteiger partial charge in [0.05, 0.1) is 16.8 Å². The number of hydrogen-bond acceptors (Lipinski definition) is 2. The van der Waals surface area contributed by atoms with Crippen LogP contribution in [-0.4, -0.2) is 10.9 Å². The Morgan fingerprint density at radius 2 is 1.63 bits per heavy atom. The lowest BCUT2D eigenvalue weighted by Crippen LogP contribution is -2.15. The second-order valence-corrected chi connectivity index (χ2v) is 7.34. The molecule has 0 saturated heterocycles. The van der Waals surface area contributed by atoms with Gasteiger partial charge in [-0.2, -0.15) is 13.2 Å². The predicted molar refractivity (Wildman–Crippen MR) is 99.8 cm³/mol. The Hall–Kier alpha value is -2.89. The van der Waals surface area contributed by atoms with Gasteiger partial charge in [0.15, 0.2) is 0 Å². The number of nitrogens with zero attached hydrogens (tertiary/aromatic N) is 1. The number of alkyl halides is 3. The van der Waals surface area contributed by atoms with E-state index in [1.165, 1.54) is 24.4 Å². The molecule has 1 aromatic heterocycles. The molecule has 1 heterocycles. The minimum atomic E-state index is -4.52.